The second-order valence-electron chi connectivity index (χ2n) is 3.66. The standard InChI is InChI=1S/C8H16FN/c1-5-3-6(2)8(9)7(10)4-5/h5-8H,3-4,10H2,1-2H3/t5-,6+,7-,8-/m1/s1. The molecule has 1 saturated carbocycles. The van der Waals surface area contributed by atoms with Gasteiger partial charge in [0, 0.05) is 6.04 Å². The van der Waals surface area contributed by atoms with E-state index in [1.54, 1.807) is 0 Å². The van der Waals surface area contributed by atoms with Crippen LogP contribution in [0.5, 0.6) is 0 Å². The normalized spacial score (nSPS) is 49.2. The lowest BCUT2D eigenvalue weighted by molar-refractivity contribution is 0.122. The van der Waals surface area contributed by atoms with Crippen LogP contribution in [0.2, 0.25) is 0 Å². The Hall–Kier alpha value is -0.110. The van der Waals surface area contributed by atoms with Crippen LogP contribution in [0, 0.1) is 11.8 Å². The molecule has 0 saturated heterocycles. The van der Waals surface area contributed by atoms with Crippen LogP contribution in [0.25, 0.3) is 0 Å². The highest BCUT2D eigenvalue weighted by molar-refractivity contribution is 4.85. The summed E-state index contributed by atoms with van der Waals surface area (Å²) in [5.74, 6) is 0.774. The van der Waals surface area contributed by atoms with E-state index in [0.717, 1.165) is 12.8 Å². The quantitative estimate of drug-likeness (QED) is 0.552. The minimum absolute atomic E-state index is 0.166. The van der Waals surface area contributed by atoms with Crippen molar-refractivity contribution < 1.29 is 4.39 Å². The molecule has 2 heteroatoms. The first-order valence-electron chi connectivity index (χ1n) is 4.01. The van der Waals surface area contributed by atoms with Crippen LogP contribution in [0.3, 0.4) is 0 Å². The van der Waals surface area contributed by atoms with Gasteiger partial charge in [0.15, 0.2) is 0 Å². The van der Waals surface area contributed by atoms with Crippen molar-refractivity contribution in [2.24, 2.45) is 17.6 Å². The van der Waals surface area contributed by atoms with Gasteiger partial charge in [-0.1, -0.05) is 13.8 Å². The molecular weight excluding hydrogens is 129 g/mol. The minimum Gasteiger partial charge on any atom is -0.325 e. The van der Waals surface area contributed by atoms with Gasteiger partial charge in [0.05, 0.1) is 0 Å². The molecule has 10 heavy (non-hydrogen) atoms. The maximum Gasteiger partial charge on any atom is 0.118 e. The molecule has 60 valence electrons. The summed E-state index contributed by atoms with van der Waals surface area (Å²) < 4.78 is 13.0. The van der Waals surface area contributed by atoms with Gasteiger partial charge in [0.2, 0.25) is 0 Å². The molecule has 1 aliphatic rings. The Morgan fingerprint density at radius 2 is 1.90 bits per heavy atom. The largest absolute Gasteiger partial charge is 0.325 e. The van der Waals surface area contributed by atoms with Gasteiger partial charge in [0.25, 0.3) is 0 Å². The molecule has 0 aromatic rings. The summed E-state index contributed by atoms with van der Waals surface area (Å²) in [6.07, 6.45) is 1.08. The van der Waals surface area contributed by atoms with Crippen LogP contribution < -0.4 is 5.73 Å². The third-order valence-electron chi connectivity index (χ3n) is 2.40. The zero-order chi connectivity index (χ0) is 7.72. The van der Waals surface area contributed by atoms with Crippen molar-refractivity contribution >= 4 is 0 Å². The Morgan fingerprint density at radius 3 is 2.40 bits per heavy atom. The fraction of sp³-hybridized carbons (Fsp3) is 1.00. The van der Waals surface area contributed by atoms with Gasteiger partial charge < -0.3 is 5.73 Å². The van der Waals surface area contributed by atoms with Gasteiger partial charge in [-0.3, -0.25) is 0 Å². The summed E-state index contributed by atoms with van der Waals surface area (Å²) in [4.78, 5) is 0. The monoisotopic (exact) mass is 145 g/mol. The lowest BCUT2D eigenvalue weighted by atomic mass is 9.79. The summed E-state index contributed by atoms with van der Waals surface area (Å²) >= 11 is 0. The average molecular weight is 145 g/mol. The zero-order valence-electron chi connectivity index (χ0n) is 6.68. The molecule has 0 spiro atoms. The van der Waals surface area contributed by atoms with Crippen molar-refractivity contribution in [2.45, 2.75) is 38.9 Å². The predicted octanol–water partition coefficient (Wildman–Crippen LogP) is 1.72. The number of hydrogen-bond acceptors (Lipinski definition) is 1. The number of alkyl halides is 1. The first-order valence-corrected chi connectivity index (χ1v) is 4.01. The van der Waals surface area contributed by atoms with Gasteiger partial charge in [0.1, 0.15) is 6.17 Å². The molecule has 4 atom stereocenters. The third kappa shape index (κ3) is 1.48. The van der Waals surface area contributed by atoms with E-state index in [1.165, 1.54) is 0 Å². The maximum atomic E-state index is 13.0. The van der Waals surface area contributed by atoms with Crippen LogP contribution in [-0.4, -0.2) is 12.2 Å². The van der Waals surface area contributed by atoms with Crippen molar-refractivity contribution in [3.05, 3.63) is 0 Å². The highest BCUT2D eigenvalue weighted by Crippen LogP contribution is 2.29. The molecule has 0 heterocycles. The summed E-state index contributed by atoms with van der Waals surface area (Å²) in [5.41, 5.74) is 5.58. The predicted molar refractivity (Wildman–Crippen MR) is 40.4 cm³/mol. The molecule has 0 radical (unpaired) electrons. The molecule has 0 aliphatic heterocycles. The van der Waals surface area contributed by atoms with E-state index in [-0.39, 0.29) is 12.0 Å². The van der Waals surface area contributed by atoms with Crippen molar-refractivity contribution in [3.63, 3.8) is 0 Å². The van der Waals surface area contributed by atoms with Crippen LogP contribution in [0.15, 0.2) is 0 Å². The SMILES string of the molecule is C[C@H]1C[C@@H](N)[C@H](F)[C@@H](C)C1. The van der Waals surface area contributed by atoms with E-state index in [2.05, 4.69) is 6.92 Å². The summed E-state index contributed by atoms with van der Waals surface area (Å²) in [6.45, 7) is 4.09. The molecule has 0 amide bonds. The molecule has 0 aromatic carbocycles. The van der Waals surface area contributed by atoms with E-state index < -0.39 is 6.17 Å². The van der Waals surface area contributed by atoms with Gasteiger partial charge in [-0.15, -0.1) is 0 Å². The Labute approximate surface area is 61.8 Å². The fourth-order valence-corrected chi connectivity index (χ4v) is 1.88. The highest BCUT2D eigenvalue weighted by Gasteiger charge is 2.31. The van der Waals surface area contributed by atoms with Crippen molar-refractivity contribution in [2.75, 3.05) is 0 Å². The van der Waals surface area contributed by atoms with Crippen LogP contribution in [0.1, 0.15) is 26.7 Å². The summed E-state index contributed by atoms with van der Waals surface area (Å²) in [5, 5.41) is 0. The lowest BCUT2D eigenvalue weighted by Gasteiger charge is -2.32. The van der Waals surface area contributed by atoms with Crippen LogP contribution in [0.4, 0.5) is 4.39 Å². The molecular formula is C8H16FN. The first kappa shape index (κ1) is 7.99. The van der Waals surface area contributed by atoms with Crippen LogP contribution >= 0.6 is 0 Å². The molecule has 1 aliphatic carbocycles. The molecule has 0 aromatic heterocycles. The van der Waals surface area contributed by atoms with Crippen LogP contribution in [-0.2, 0) is 0 Å². The Kier molecular flexibility index (Phi) is 2.29. The molecule has 2 N–H and O–H groups in total. The Bertz CT molecular complexity index is 104. The number of halogens is 1. The molecule has 0 unspecified atom stereocenters. The Morgan fingerprint density at radius 1 is 1.30 bits per heavy atom. The molecule has 1 nitrogen and oxygen atoms in total. The summed E-state index contributed by atoms with van der Waals surface area (Å²) in [7, 11) is 0. The van der Waals surface area contributed by atoms with E-state index in [0.29, 0.717) is 5.92 Å². The lowest BCUT2D eigenvalue weighted by Crippen LogP contribution is -2.42. The minimum atomic E-state index is -0.767. The molecule has 1 rings (SSSR count). The number of nitrogens with two attached hydrogens (primary N) is 1. The number of hydrogen-bond donors (Lipinski definition) is 1. The smallest absolute Gasteiger partial charge is 0.118 e. The van der Waals surface area contributed by atoms with Gasteiger partial charge in [-0.25, -0.2) is 4.39 Å². The Balaban J connectivity index is 2.49. The molecule has 0 bridgehead atoms. The van der Waals surface area contributed by atoms with E-state index in [9.17, 15) is 4.39 Å². The third-order valence-corrected chi connectivity index (χ3v) is 2.40. The van der Waals surface area contributed by atoms with Crippen molar-refractivity contribution in [3.8, 4) is 0 Å². The van der Waals surface area contributed by atoms with Gasteiger partial charge in [-0.05, 0) is 24.7 Å². The zero-order valence-corrected chi connectivity index (χ0v) is 6.68. The van der Waals surface area contributed by atoms with Gasteiger partial charge in [-0.2, -0.15) is 0 Å². The van der Waals surface area contributed by atoms with E-state index >= 15 is 0 Å². The second-order valence-corrected chi connectivity index (χ2v) is 3.66. The van der Waals surface area contributed by atoms with Crippen molar-refractivity contribution in [1.29, 1.82) is 0 Å². The van der Waals surface area contributed by atoms with E-state index in [4.69, 9.17) is 5.73 Å². The number of rotatable bonds is 0. The second kappa shape index (κ2) is 2.87. The average Bonchev–Trinajstić information content (AvgIpc) is 1.82. The maximum absolute atomic E-state index is 13.0. The topological polar surface area (TPSA) is 26.0 Å². The highest BCUT2D eigenvalue weighted by atomic mass is 19.1. The first-order chi connectivity index (χ1) is 4.61. The fourth-order valence-electron chi connectivity index (χ4n) is 1.88. The summed E-state index contributed by atoms with van der Waals surface area (Å²) in [6, 6.07) is -0.209. The molecule has 1 fully saturated rings. The van der Waals surface area contributed by atoms with Gasteiger partial charge >= 0.3 is 0 Å². The van der Waals surface area contributed by atoms with E-state index in [1.807, 2.05) is 6.92 Å². The van der Waals surface area contributed by atoms with Crippen molar-refractivity contribution in [1.82, 2.24) is 0 Å².